The van der Waals surface area contributed by atoms with Crippen LogP contribution in [0.5, 0.6) is 0 Å². The normalized spacial score (nSPS) is 21.9. The fourth-order valence-electron chi connectivity index (χ4n) is 3.48. The molecule has 0 radical (unpaired) electrons. The van der Waals surface area contributed by atoms with Gasteiger partial charge in [0.15, 0.2) is 0 Å². The van der Waals surface area contributed by atoms with E-state index >= 15 is 0 Å². The molecule has 1 aromatic heterocycles. The van der Waals surface area contributed by atoms with Crippen LogP contribution in [0.1, 0.15) is 57.1 Å². The molecule has 7 heteroatoms. The lowest BCUT2D eigenvalue weighted by atomic mass is 10.1. The van der Waals surface area contributed by atoms with Gasteiger partial charge >= 0.3 is 6.03 Å². The number of amides is 4. The van der Waals surface area contributed by atoms with Crippen molar-refractivity contribution >= 4 is 17.8 Å². The van der Waals surface area contributed by atoms with Gasteiger partial charge in [-0.05, 0) is 31.4 Å². The Hall–Kier alpha value is -2.31. The van der Waals surface area contributed by atoms with Crippen molar-refractivity contribution < 1.29 is 18.8 Å². The summed E-state index contributed by atoms with van der Waals surface area (Å²) in [6.45, 7) is 0.114. The van der Waals surface area contributed by atoms with Crippen LogP contribution in [-0.2, 0) is 16.1 Å². The Morgan fingerprint density at radius 1 is 1.24 bits per heavy atom. The molecule has 0 aromatic carbocycles. The summed E-state index contributed by atoms with van der Waals surface area (Å²) in [5, 5.41) is 5.72. The molecule has 3 rings (SSSR count). The van der Waals surface area contributed by atoms with Crippen LogP contribution in [0.15, 0.2) is 22.8 Å². The molecule has 25 heavy (non-hydrogen) atoms. The predicted molar refractivity (Wildman–Crippen MR) is 90.4 cm³/mol. The summed E-state index contributed by atoms with van der Waals surface area (Å²) >= 11 is 0. The van der Waals surface area contributed by atoms with Gasteiger partial charge in [-0.25, -0.2) is 4.79 Å². The maximum atomic E-state index is 12.4. The number of furan rings is 1. The van der Waals surface area contributed by atoms with E-state index in [1.54, 1.807) is 12.1 Å². The Morgan fingerprint density at radius 2 is 2.00 bits per heavy atom. The first-order valence-corrected chi connectivity index (χ1v) is 9.07. The highest BCUT2D eigenvalue weighted by molar-refractivity contribution is 6.04. The highest BCUT2D eigenvalue weighted by Crippen LogP contribution is 2.18. The molecule has 1 aliphatic carbocycles. The van der Waals surface area contributed by atoms with Gasteiger partial charge in [0, 0.05) is 12.5 Å². The molecule has 1 aromatic rings. The van der Waals surface area contributed by atoms with Gasteiger partial charge in [0.05, 0.1) is 12.8 Å². The quantitative estimate of drug-likeness (QED) is 0.610. The van der Waals surface area contributed by atoms with E-state index in [2.05, 4.69) is 10.6 Å². The summed E-state index contributed by atoms with van der Waals surface area (Å²) in [5.41, 5.74) is 0. The summed E-state index contributed by atoms with van der Waals surface area (Å²) in [7, 11) is 0. The first-order chi connectivity index (χ1) is 12.1. The lowest BCUT2D eigenvalue weighted by Crippen LogP contribution is -2.36. The van der Waals surface area contributed by atoms with E-state index in [0.29, 0.717) is 12.2 Å². The van der Waals surface area contributed by atoms with E-state index in [9.17, 15) is 14.4 Å². The molecular weight excluding hydrogens is 322 g/mol. The fourth-order valence-corrected chi connectivity index (χ4v) is 3.48. The standard InChI is InChI=1S/C18H25N3O4/c22-16(19-13-6-3-1-2-4-7-13)10-9-15-17(23)21(18(24)20-15)12-14-8-5-11-25-14/h5,8,11,13,15H,1-4,6-7,9-10,12H2,(H,19,22)(H,20,24)/t15-/m0/s1. The second kappa shape index (κ2) is 8.18. The molecule has 2 fully saturated rings. The molecule has 1 atom stereocenters. The zero-order chi connectivity index (χ0) is 17.6. The van der Waals surface area contributed by atoms with Crippen molar-refractivity contribution in [2.75, 3.05) is 0 Å². The van der Waals surface area contributed by atoms with Gasteiger partial charge in [-0.1, -0.05) is 25.7 Å². The van der Waals surface area contributed by atoms with Crippen LogP contribution >= 0.6 is 0 Å². The molecular formula is C18H25N3O4. The molecule has 2 N–H and O–H groups in total. The van der Waals surface area contributed by atoms with Crippen molar-refractivity contribution in [2.45, 2.75) is 70.0 Å². The monoisotopic (exact) mass is 347 g/mol. The highest BCUT2D eigenvalue weighted by atomic mass is 16.3. The minimum absolute atomic E-state index is 0.0431. The number of hydrogen-bond acceptors (Lipinski definition) is 4. The van der Waals surface area contributed by atoms with Gasteiger partial charge < -0.3 is 15.1 Å². The molecule has 0 spiro atoms. The second-order valence-corrected chi connectivity index (χ2v) is 6.80. The third-order valence-electron chi connectivity index (χ3n) is 4.88. The van der Waals surface area contributed by atoms with Crippen molar-refractivity contribution in [2.24, 2.45) is 0 Å². The molecule has 1 saturated carbocycles. The number of nitrogens with zero attached hydrogens (tertiary/aromatic N) is 1. The third-order valence-corrected chi connectivity index (χ3v) is 4.88. The number of carbonyl (C=O) groups is 3. The Labute approximate surface area is 147 Å². The predicted octanol–water partition coefficient (Wildman–Crippen LogP) is 2.32. The Balaban J connectivity index is 1.45. The number of imide groups is 1. The van der Waals surface area contributed by atoms with Crippen molar-refractivity contribution in [3.05, 3.63) is 24.2 Å². The largest absolute Gasteiger partial charge is 0.467 e. The third kappa shape index (κ3) is 4.61. The van der Waals surface area contributed by atoms with Gasteiger partial charge in [0.1, 0.15) is 11.8 Å². The van der Waals surface area contributed by atoms with Crippen molar-refractivity contribution in [3.63, 3.8) is 0 Å². The number of hydrogen-bond donors (Lipinski definition) is 2. The Bertz CT molecular complexity index is 606. The van der Waals surface area contributed by atoms with Crippen LogP contribution in [-0.4, -0.2) is 34.8 Å². The highest BCUT2D eigenvalue weighted by Gasteiger charge is 2.38. The molecule has 136 valence electrons. The van der Waals surface area contributed by atoms with E-state index in [-0.39, 0.29) is 30.8 Å². The van der Waals surface area contributed by atoms with Gasteiger partial charge in [-0.2, -0.15) is 0 Å². The van der Waals surface area contributed by atoms with Gasteiger partial charge in [-0.15, -0.1) is 0 Å². The van der Waals surface area contributed by atoms with E-state index in [4.69, 9.17) is 4.42 Å². The second-order valence-electron chi connectivity index (χ2n) is 6.80. The van der Waals surface area contributed by atoms with Gasteiger partial charge in [0.2, 0.25) is 5.91 Å². The van der Waals surface area contributed by atoms with E-state index in [1.165, 1.54) is 19.1 Å². The molecule has 1 aliphatic heterocycles. The fraction of sp³-hybridized carbons (Fsp3) is 0.611. The number of rotatable bonds is 6. The van der Waals surface area contributed by atoms with Crippen LogP contribution in [0, 0.1) is 0 Å². The van der Waals surface area contributed by atoms with Crippen LogP contribution in [0.25, 0.3) is 0 Å². The summed E-state index contributed by atoms with van der Waals surface area (Å²) in [6, 6.07) is 2.61. The summed E-state index contributed by atoms with van der Waals surface area (Å²) in [4.78, 5) is 37.6. The lowest BCUT2D eigenvalue weighted by Gasteiger charge is -2.16. The topological polar surface area (TPSA) is 91.7 Å². The maximum absolute atomic E-state index is 12.4. The van der Waals surface area contributed by atoms with E-state index in [1.807, 2.05) is 0 Å². The minimum Gasteiger partial charge on any atom is -0.467 e. The molecule has 2 heterocycles. The number of urea groups is 1. The van der Waals surface area contributed by atoms with Crippen LogP contribution < -0.4 is 10.6 Å². The number of carbonyl (C=O) groups excluding carboxylic acids is 3. The first-order valence-electron chi connectivity index (χ1n) is 9.07. The van der Waals surface area contributed by atoms with Crippen LogP contribution in [0.2, 0.25) is 0 Å². The molecule has 7 nitrogen and oxygen atoms in total. The zero-order valence-corrected chi connectivity index (χ0v) is 14.3. The van der Waals surface area contributed by atoms with Crippen LogP contribution in [0.4, 0.5) is 4.79 Å². The average Bonchev–Trinajstić information content (AvgIpc) is 3.10. The molecule has 0 bridgehead atoms. The maximum Gasteiger partial charge on any atom is 0.325 e. The molecule has 4 amide bonds. The zero-order valence-electron chi connectivity index (χ0n) is 14.3. The minimum atomic E-state index is -0.637. The lowest BCUT2D eigenvalue weighted by molar-refractivity contribution is -0.128. The molecule has 1 saturated heterocycles. The van der Waals surface area contributed by atoms with Crippen molar-refractivity contribution in [1.29, 1.82) is 0 Å². The number of nitrogens with one attached hydrogen (secondary N) is 2. The van der Waals surface area contributed by atoms with Gasteiger partial charge in [0.25, 0.3) is 5.91 Å². The Kier molecular flexibility index (Phi) is 5.73. The smallest absolute Gasteiger partial charge is 0.325 e. The summed E-state index contributed by atoms with van der Waals surface area (Å²) in [6.07, 6.45) is 8.90. The summed E-state index contributed by atoms with van der Waals surface area (Å²) < 4.78 is 5.18. The first kappa shape index (κ1) is 17.5. The van der Waals surface area contributed by atoms with E-state index < -0.39 is 12.1 Å². The van der Waals surface area contributed by atoms with Gasteiger partial charge in [-0.3, -0.25) is 14.5 Å². The Morgan fingerprint density at radius 3 is 2.68 bits per heavy atom. The molecule has 2 aliphatic rings. The summed E-state index contributed by atoms with van der Waals surface area (Å²) in [5.74, 6) is 0.206. The van der Waals surface area contributed by atoms with Crippen molar-refractivity contribution in [3.8, 4) is 0 Å². The SMILES string of the molecule is O=C(CC[C@@H]1NC(=O)N(Cc2ccco2)C1=O)NC1CCCCCC1. The van der Waals surface area contributed by atoms with Crippen LogP contribution in [0.3, 0.4) is 0 Å². The van der Waals surface area contributed by atoms with Crippen molar-refractivity contribution in [1.82, 2.24) is 15.5 Å². The van der Waals surface area contributed by atoms with E-state index in [0.717, 1.165) is 30.6 Å². The molecule has 0 unspecified atom stereocenters. The average molecular weight is 347 g/mol.